The van der Waals surface area contributed by atoms with E-state index >= 15 is 0 Å². The third-order valence-corrected chi connectivity index (χ3v) is 8.52. The van der Waals surface area contributed by atoms with Crippen molar-refractivity contribution in [3.63, 3.8) is 0 Å². The predicted molar refractivity (Wildman–Crippen MR) is 85.1 cm³/mol. The molecule has 0 unspecified atom stereocenters. The molecule has 0 spiro atoms. The fourth-order valence-corrected chi connectivity index (χ4v) is 7.33. The fraction of sp³-hybridized carbons (Fsp3) is 1.00. The minimum atomic E-state index is -0.276. The van der Waals surface area contributed by atoms with Gasteiger partial charge < -0.3 is 15.3 Å². The molecule has 0 aromatic rings. The van der Waals surface area contributed by atoms with Gasteiger partial charge in [-0.3, -0.25) is 0 Å². The van der Waals surface area contributed by atoms with E-state index < -0.39 is 0 Å². The molecule has 4 fully saturated rings. The molecule has 3 N–H and O–H groups in total. The maximum absolute atomic E-state index is 11.0. The third kappa shape index (κ3) is 1.91. The lowest BCUT2D eigenvalue weighted by Gasteiger charge is -2.62. The Balaban J connectivity index is 1.68. The molecule has 0 bridgehead atoms. The quantitative estimate of drug-likeness (QED) is 0.645. The first-order valence-electron chi connectivity index (χ1n) is 9.40. The van der Waals surface area contributed by atoms with Crippen LogP contribution in [0.25, 0.3) is 0 Å². The first-order chi connectivity index (χ1) is 10.4. The van der Waals surface area contributed by atoms with Crippen molar-refractivity contribution >= 4 is 0 Å². The summed E-state index contributed by atoms with van der Waals surface area (Å²) in [5, 5.41) is 31.6. The van der Waals surface area contributed by atoms with Crippen LogP contribution in [0, 0.1) is 34.5 Å². The summed E-state index contributed by atoms with van der Waals surface area (Å²) in [5.74, 6) is 2.10. The third-order valence-electron chi connectivity index (χ3n) is 8.52. The highest BCUT2D eigenvalue weighted by molar-refractivity contribution is 5.12. The Morgan fingerprint density at radius 1 is 0.864 bits per heavy atom. The average molecular weight is 308 g/mol. The monoisotopic (exact) mass is 308 g/mol. The van der Waals surface area contributed by atoms with Gasteiger partial charge in [-0.15, -0.1) is 0 Å². The zero-order chi connectivity index (χ0) is 15.7. The summed E-state index contributed by atoms with van der Waals surface area (Å²) >= 11 is 0. The van der Waals surface area contributed by atoms with Crippen LogP contribution in [-0.4, -0.2) is 33.6 Å². The van der Waals surface area contributed by atoms with Gasteiger partial charge in [-0.05, 0) is 85.9 Å². The standard InChI is InChI=1S/C19H32O3/c1-18-8-7-12(20)9-11(18)3-4-13-14-5-6-16(22)19(14,2)10-15(21)17(13)18/h11-17,20-22H,3-10H2,1-2H3/t11-,12-,13+,14+,15+,16+,17-,18+,19+/m1/s1. The van der Waals surface area contributed by atoms with Crippen LogP contribution in [0.4, 0.5) is 0 Å². The second-order valence-corrected chi connectivity index (χ2v) is 9.37. The molecule has 4 saturated carbocycles. The molecule has 0 aromatic carbocycles. The van der Waals surface area contributed by atoms with E-state index in [1.807, 2.05) is 0 Å². The highest BCUT2D eigenvalue weighted by Gasteiger charge is 2.62. The molecule has 22 heavy (non-hydrogen) atoms. The average Bonchev–Trinajstić information content (AvgIpc) is 2.75. The normalized spacial score (nSPS) is 61.2. The highest BCUT2D eigenvalue weighted by atomic mass is 16.3. The smallest absolute Gasteiger partial charge is 0.0597 e. The number of hydrogen-bond acceptors (Lipinski definition) is 3. The second-order valence-electron chi connectivity index (χ2n) is 9.37. The minimum Gasteiger partial charge on any atom is -0.393 e. The van der Waals surface area contributed by atoms with E-state index in [0.717, 1.165) is 38.5 Å². The van der Waals surface area contributed by atoms with Crippen molar-refractivity contribution in [3.8, 4) is 0 Å². The molecule has 3 heteroatoms. The molecule has 0 heterocycles. The van der Waals surface area contributed by atoms with Crippen molar-refractivity contribution in [3.05, 3.63) is 0 Å². The lowest BCUT2D eigenvalue weighted by Crippen LogP contribution is -2.59. The molecule has 0 radical (unpaired) electrons. The Hall–Kier alpha value is -0.120. The van der Waals surface area contributed by atoms with Gasteiger partial charge in [-0.2, -0.15) is 0 Å². The molecule has 9 atom stereocenters. The molecule has 0 aliphatic heterocycles. The van der Waals surface area contributed by atoms with Crippen molar-refractivity contribution in [2.24, 2.45) is 34.5 Å². The van der Waals surface area contributed by atoms with Crippen LogP contribution in [0.5, 0.6) is 0 Å². The molecule has 0 aromatic heterocycles. The summed E-state index contributed by atoms with van der Waals surface area (Å²) in [6.45, 7) is 4.60. The first kappa shape index (κ1) is 15.4. The van der Waals surface area contributed by atoms with E-state index in [9.17, 15) is 15.3 Å². The summed E-state index contributed by atoms with van der Waals surface area (Å²) in [4.78, 5) is 0. The van der Waals surface area contributed by atoms with Gasteiger partial charge in [-0.1, -0.05) is 13.8 Å². The number of aliphatic hydroxyl groups excluding tert-OH is 3. The zero-order valence-corrected chi connectivity index (χ0v) is 14.0. The zero-order valence-electron chi connectivity index (χ0n) is 14.0. The summed E-state index contributed by atoms with van der Waals surface area (Å²) in [6.07, 6.45) is 7.44. The fourth-order valence-electron chi connectivity index (χ4n) is 7.33. The SMILES string of the molecule is C[C@]12CC[C@@H](O)C[C@H]1CC[C@@H]1[C@@H]2[C@@H](O)C[C@]2(C)[C@@H](O)CC[C@@H]12. The van der Waals surface area contributed by atoms with Crippen molar-refractivity contribution in [1.29, 1.82) is 0 Å². The van der Waals surface area contributed by atoms with E-state index in [1.54, 1.807) is 0 Å². The maximum atomic E-state index is 11.0. The lowest BCUT2D eigenvalue weighted by atomic mass is 9.44. The number of hydrogen-bond donors (Lipinski definition) is 3. The summed E-state index contributed by atoms with van der Waals surface area (Å²) in [5.41, 5.74) is 0.119. The number of rotatable bonds is 0. The Kier molecular flexibility index (Phi) is 3.46. The molecule has 0 saturated heterocycles. The molecule has 0 amide bonds. The Bertz CT molecular complexity index is 452. The van der Waals surface area contributed by atoms with Crippen LogP contribution in [0.2, 0.25) is 0 Å². The molecular formula is C19H32O3. The summed E-state index contributed by atoms with van der Waals surface area (Å²) in [7, 11) is 0. The van der Waals surface area contributed by atoms with Gasteiger partial charge in [0.1, 0.15) is 0 Å². The van der Waals surface area contributed by atoms with Gasteiger partial charge in [0.05, 0.1) is 18.3 Å². The van der Waals surface area contributed by atoms with Gasteiger partial charge in [0.15, 0.2) is 0 Å². The van der Waals surface area contributed by atoms with Gasteiger partial charge in [0.25, 0.3) is 0 Å². The van der Waals surface area contributed by atoms with Gasteiger partial charge in [0, 0.05) is 0 Å². The minimum absolute atomic E-state index is 0.0715. The number of fused-ring (bicyclic) bond motifs is 5. The van der Waals surface area contributed by atoms with Crippen LogP contribution >= 0.6 is 0 Å². The van der Waals surface area contributed by atoms with E-state index in [4.69, 9.17) is 0 Å². The molecule has 4 rings (SSSR count). The van der Waals surface area contributed by atoms with Crippen molar-refractivity contribution in [1.82, 2.24) is 0 Å². The lowest BCUT2D eigenvalue weighted by molar-refractivity contribution is -0.183. The summed E-state index contributed by atoms with van der Waals surface area (Å²) in [6, 6.07) is 0. The van der Waals surface area contributed by atoms with Crippen molar-refractivity contribution in [2.45, 2.75) is 83.5 Å². The van der Waals surface area contributed by atoms with Crippen molar-refractivity contribution < 1.29 is 15.3 Å². The topological polar surface area (TPSA) is 60.7 Å². The van der Waals surface area contributed by atoms with Crippen molar-refractivity contribution in [2.75, 3.05) is 0 Å². The van der Waals surface area contributed by atoms with E-state index in [-0.39, 0.29) is 29.1 Å². The van der Waals surface area contributed by atoms with Crippen LogP contribution in [0.1, 0.15) is 65.2 Å². The molecule has 3 nitrogen and oxygen atoms in total. The largest absolute Gasteiger partial charge is 0.393 e. The van der Waals surface area contributed by atoms with Crippen LogP contribution in [0.3, 0.4) is 0 Å². The van der Waals surface area contributed by atoms with E-state index in [2.05, 4.69) is 13.8 Å². The van der Waals surface area contributed by atoms with Crippen LogP contribution < -0.4 is 0 Å². The first-order valence-corrected chi connectivity index (χ1v) is 9.40. The molecular weight excluding hydrogens is 276 g/mol. The Labute approximate surface area is 134 Å². The van der Waals surface area contributed by atoms with Crippen LogP contribution in [-0.2, 0) is 0 Å². The Morgan fingerprint density at radius 2 is 1.64 bits per heavy atom. The summed E-state index contributed by atoms with van der Waals surface area (Å²) < 4.78 is 0. The van der Waals surface area contributed by atoms with Gasteiger partial charge >= 0.3 is 0 Å². The number of aliphatic hydroxyl groups is 3. The van der Waals surface area contributed by atoms with Gasteiger partial charge in [-0.25, -0.2) is 0 Å². The molecule has 126 valence electrons. The van der Waals surface area contributed by atoms with Gasteiger partial charge in [0.2, 0.25) is 0 Å². The maximum Gasteiger partial charge on any atom is 0.0597 e. The van der Waals surface area contributed by atoms with Crippen LogP contribution in [0.15, 0.2) is 0 Å². The van der Waals surface area contributed by atoms with E-state index in [1.165, 1.54) is 12.8 Å². The second kappa shape index (κ2) is 4.94. The Morgan fingerprint density at radius 3 is 2.41 bits per heavy atom. The molecule has 4 aliphatic rings. The molecule has 4 aliphatic carbocycles. The van der Waals surface area contributed by atoms with E-state index in [0.29, 0.717) is 23.7 Å². The predicted octanol–water partition coefficient (Wildman–Crippen LogP) is 2.72. The highest BCUT2D eigenvalue weighted by Crippen LogP contribution is 2.66.